The Balaban J connectivity index is 2.39. The van der Waals surface area contributed by atoms with Crippen LogP contribution in [-0.2, 0) is 0 Å². The van der Waals surface area contributed by atoms with Crippen LogP contribution in [0.1, 0.15) is 6.42 Å². The SMILES string of the molecule is C=CC1CC=N1. The third kappa shape index (κ3) is 0.361. The Labute approximate surface area is 37.4 Å². The van der Waals surface area contributed by atoms with E-state index < -0.39 is 0 Å². The van der Waals surface area contributed by atoms with Gasteiger partial charge in [-0.3, -0.25) is 4.99 Å². The van der Waals surface area contributed by atoms with E-state index in [0.717, 1.165) is 6.42 Å². The van der Waals surface area contributed by atoms with Crippen LogP contribution >= 0.6 is 0 Å². The van der Waals surface area contributed by atoms with Gasteiger partial charge in [0.15, 0.2) is 0 Å². The van der Waals surface area contributed by atoms with Gasteiger partial charge in [0, 0.05) is 12.6 Å². The summed E-state index contributed by atoms with van der Waals surface area (Å²) in [5.74, 6) is 0. The van der Waals surface area contributed by atoms with Gasteiger partial charge in [0.25, 0.3) is 0 Å². The Bertz CT molecular complexity index is 83.9. The summed E-state index contributed by atoms with van der Waals surface area (Å²) in [4.78, 5) is 3.94. The van der Waals surface area contributed by atoms with Gasteiger partial charge in [-0.2, -0.15) is 0 Å². The lowest BCUT2D eigenvalue weighted by molar-refractivity contribution is 0.809. The van der Waals surface area contributed by atoms with E-state index in [0.29, 0.717) is 6.04 Å². The fourth-order valence-electron chi connectivity index (χ4n) is 0.384. The molecule has 0 saturated heterocycles. The Morgan fingerprint density at radius 1 is 2.00 bits per heavy atom. The summed E-state index contributed by atoms with van der Waals surface area (Å²) in [7, 11) is 0. The maximum absolute atomic E-state index is 3.94. The predicted molar refractivity (Wildman–Crippen MR) is 27.1 cm³/mol. The first-order valence-electron chi connectivity index (χ1n) is 2.07. The average molecular weight is 81.1 g/mol. The summed E-state index contributed by atoms with van der Waals surface area (Å²) < 4.78 is 0. The van der Waals surface area contributed by atoms with Crippen molar-refractivity contribution in [2.24, 2.45) is 4.99 Å². The summed E-state index contributed by atoms with van der Waals surface area (Å²) in [6, 6.07) is 0.449. The maximum Gasteiger partial charge on any atom is 0.0722 e. The topological polar surface area (TPSA) is 12.4 Å². The highest BCUT2D eigenvalue weighted by Gasteiger charge is 2.03. The molecule has 32 valence electrons. The highest BCUT2D eigenvalue weighted by Crippen LogP contribution is 2.04. The van der Waals surface area contributed by atoms with Gasteiger partial charge in [-0.05, 0) is 0 Å². The third-order valence-electron chi connectivity index (χ3n) is 0.916. The van der Waals surface area contributed by atoms with Crippen molar-refractivity contribution in [1.29, 1.82) is 0 Å². The lowest BCUT2D eigenvalue weighted by Crippen LogP contribution is -2.09. The highest BCUT2D eigenvalue weighted by molar-refractivity contribution is 5.65. The van der Waals surface area contributed by atoms with E-state index in [2.05, 4.69) is 11.6 Å². The largest absolute Gasteiger partial charge is 0.290 e. The second-order valence-electron chi connectivity index (χ2n) is 1.37. The Kier molecular flexibility index (Phi) is 0.748. The van der Waals surface area contributed by atoms with E-state index in [9.17, 15) is 0 Å². The molecule has 1 heterocycles. The summed E-state index contributed by atoms with van der Waals surface area (Å²) >= 11 is 0. The number of nitrogens with zero attached hydrogens (tertiary/aromatic N) is 1. The lowest BCUT2D eigenvalue weighted by atomic mass is 10.2. The number of rotatable bonds is 1. The van der Waals surface area contributed by atoms with Crippen molar-refractivity contribution >= 4 is 6.21 Å². The fourth-order valence-corrected chi connectivity index (χ4v) is 0.384. The normalized spacial score (nSPS) is 29.0. The van der Waals surface area contributed by atoms with Crippen molar-refractivity contribution in [3.63, 3.8) is 0 Å². The standard InChI is InChI=1S/C5H7N/c1-2-5-3-4-6-5/h2,4-5H,1,3H2. The first-order chi connectivity index (χ1) is 2.93. The quantitative estimate of drug-likeness (QED) is 0.418. The minimum atomic E-state index is 0.449. The van der Waals surface area contributed by atoms with Gasteiger partial charge in [-0.1, -0.05) is 6.08 Å². The molecule has 0 bridgehead atoms. The van der Waals surface area contributed by atoms with Crippen molar-refractivity contribution in [1.82, 2.24) is 0 Å². The Morgan fingerprint density at radius 2 is 2.67 bits per heavy atom. The van der Waals surface area contributed by atoms with E-state index >= 15 is 0 Å². The van der Waals surface area contributed by atoms with Crippen LogP contribution in [0.3, 0.4) is 0 Å². The van der Waals surface area contributed by atoms with E-state index in [1.54, 1.807) is 0 Å². The summed E-state index contributed by atoms with van der Waals surface area (Å²) in [5, 5.41) is 0. The molecule has 0 aromatic rings. The minimum Gasteiger partial charge on any atom is -0.290 e. The van der Waals surface area contributed by atoms with Crippen molar-refractivity contribution in [2.45, 2.75) is 12.5 Å². The second-order valence-corrected chi connectivity index (χ2v) is 1.37. The van der Waals surface area contributed by atoms with Crippen LogP contribution in [0.25, 0.3) is 0 Å². The number of hydrogen-bond acceptors (Lipinski definition) is 1. The number of aliphatic imine (C=N–C) groups is 1. The van der Waals surface area contributed by atoms with Gasteiger partial charge < -0.3 is 0 Å². The molecule has 0 radical (unpaired) electrons. The monoisotopic (exact) mass is 81.1 g/mol. The van der Waals surface area contributed by atoms with Crippen LogP contribution in [-0.4, -0.2) is 12.3 Å². The lowest BCUT2D eigenvalue weighted by Gasteiger charge is -2.09. The van der Waals surface area contributed by atoms with Gasteiger partial charge in [-0.25, -0.2) is 0 Å². The molecule has 1 aliphatic heterocycles. The van der Waals surface area contributed by atoms with Gasteiger partial charge >= 0.3 is 0 Å². The molecule has 1 atom stereocenters. The molecule has 6 heavy (non-hydrogen) atoms. The predicted octanol–water partition coefficient (Wildman–Crippen LogP) is 1.02. The molecule has 1 heteroatoms. The second kappa shape index (κ2) is 1.25. The van der Waals surface area contributed by atoms with Gasteiger partial charge in [-0.15, -0.1) is 6.58 Å². The van der Waals surface area contributed by atoms with Crippen molar-refractivity contribution in [3.05, 3.63) is 12.7 Å². The zero-order valence-electron chi connectivity index (χ0n) is 3.59. The molecule has 0 spiro atoms. The fraction of sp³-hybridized carbons (Fsp3) is 0.400. The molecule has 0 amide bonds. The van der Waals surface area contributed by atoms with Gasteiger partial charge in [0.1, 0.15) is 0 Å². The molecule has 0 aromatic heterocycles. The third-order valence-corrected chi connectivity index (χ3v) is 0.916. The van der Waals surface area contributed by atoms with Gasteiger partial charge in [0.05, 0.1) is 6.04 Å². The maximum atomic E-state index is 3.94. The molecule has 1 rings (SSSR count). The molecular formula is C5H7N. The first-order valence-corrected chi connectivity index (χ1v) is 2.07. The van der Waals surface area contributed by atoms with Crippen LogP contribution in [0.4, 0.5) is 0 Å². The summed E-state index contributed by atoms with van der Waals surface area (Å²) in [6.07, 6.45) is 4.87. The van der Waals surface area contributed by atoms with Crippen molar-refractivity contribution in [2.75, 3.05) is 0 Å². The Morgan fingerprint density at radius 3 is 2.67 bits per heavy atom. The molecule has 1 aliphatic rings. The highest BCUT2D eigenvalue weighted by atomic mass is 14.8. The van der Waals surface area contributed by atoms with Gasteiger partial charge in [0.2, 0.25) is 0 Å². The molecule has 1 unspecified atom stereocenters. The zero-order chi connectivity index (χ0) is 4.41. The van der Waals surface area contributed by atoms with E-state index in [-0.39, 0.29) is 0 Å². The zero-order valence-corrected chi connectivity index (χ0v) is 3.59. The van der Waals surface area contributed by atoms with Crippen LogP contribution in [0.15, 0.2) is 17.6 Å². The smallest absolute Gasteiger partial charge is 0.0722 e. The van der Waals surface area contributed by atoms with Crippen LogP contribution < -0.4 is 0 Å². The number of hydrogen-bond donors (Lipinski definition) is 0. The van der Waals surface area contributed by atoms with Crippen LogP contribution in [0, 0.1) is 0 Å². The van der Waals surface area contributed by atoms with Crippen molar-refractivity contribution in [3.8, 4) is 0 Å². The molecule has 0 aromatic carbocycles. The summed E-state index contributed by atoms with van der Waals surface area (Å²) in [6.45, 7) is 3.57. The van der Waals surface area contributed by atoms with E-state index in [1.807, 2.05) is 12.3 Å². The van der Waals surface area contributed by atoms with Crippen LogP contribution in [0.2, 0.25) is 0 Å². The summed E-state index contributed by atoms with van der Waals surface area (Å²) in [5.41, 5.74) is 0. The molecule has 0 N–H and O–H groups in total. The molecule has 0 aliphatic carbocycles. The molecule has 0 saturated carbocycles. The first kappa shape index (κ1) is 3.59. The van der Waals surface area contributed by atoms with Crippen LogP contribution in [0.5, 0.6) is 0 Å². The van der Waals surface area contributed by atoms with E-state index in [4.69, 9.17) is 0 Å². The van der Waals surface area contributed by atoms with Crippen molar-refractivity contribution < 1.29 is 0 Å². The Hall–Kier alpha value is -0.590. The molecule has 0 fully saturated rings. The van der Waals surface area contributed by atoms with E-state index in [1.165, 1.54) is 0 Å². The molecule has 1 nitrogen and oxygen atoms in total. The molecular weight excluding hydrogens is 74.1 g/mol. The average Bonchev–Trinajstić information content (AvgIpc) is 1.31. The minimum absolute atomic E-state index is 0.449.